The van der Waals surface area contributed by atoms with Gasteiger partial charge in [0.2, 0.25) is 0 Å². The molecule has 7 nitrogen and oxygen atoms in total. The molecule has 2 amide bonds. The van der Waals surface area contributed by atoms with E-state index in [-0.39, 0.29) is 17.6 Å². The molecule has 2 fully saturated rings. The van der Waals surface area contributed by atoms with Gasteiger partial charge in [-0.15, -0.1) is 0 Å². The third-order valence-corrected chi connectivity index (χ3v) is 6.12. The minimum absolute atomic E-state index is 0.0272. The van der Waals surface area contributed by atoms with E-state index in [0.717, 1.165) is 36.5 Å². The van der Waals surface area contributed by atoms with Crippen LogP contribution >= 0.6 is 0 Å². The fourth-order valence-corrected chi connectivity index (χ4v) is 4.77. The fourth-order valence-electron chi connectivity index (χ4n) is 4.77. The van der Waals surface area contributed by atoms with E-state index >= 15 is 0 Å². The number of aromatic amines is 1. The Kier molecular flexibility index (Phi) is 5.32. The minimum Gasteiger partial charge on any atom is -0.497 e. The number of ether oxygens (including phenoxy) is 1. The number of carbonyl (C=O) groups excluding carboxylic acids is 1. The maximum Gasteiger partial charge on any atom is 0.320 e. The van der Waals surface area contributed by atoms with Gasteiger partial charge in [0, 0.05) is 58.0 Å². The monoisotopic (exact) mass is 396 g/mol. The number of methoxy groups -OCH3 is 1. The minimum atomic E-state index is -0.0272. The Balaban J connectivity index is 1.58. The molecule has 0 radical (unpaired) electrons. The second-order valence-electron chi connectivity index (χ2n) is 8.19. The van der Waals surface area contributed by atoms with Crippen LogP contribution in [0.4, 0.5) is 4.79 Å². The number of H-pyrrole nitrogens is 1. The Morgan fingerprint density at radius 1 is 1.17 bits per heavy atom. The Labute approximate surface area is 170 Å². The van der Waals surface area contributed by atoms with Crippen LogP contribution in [0, 0.1) is 11.8 Å². The van der Waals surface area contributed by atoms with Crippen LogP contribution in [0.5, 0.6) is 5.75 Å². The average molecular weight is 396 g/mol. The summed E-state index contributed by atoms with van der Waals surface area (Å²) < 4.78 is 5.30. The summed E-state index contributed by atoms with van der Waals surface area (Å²) in [5.41, 5.74) is 1.89. The van der Waals surface area contributed by atoms with Crippen LogP contribution in [0.3, 0.4) is 0 Å². The Hall–Kier alpha value is -2.80. The van der Waals surface area contributed by atoms with Crippen molar-refractivity contribution in [3.8, 4) is 5.75 Å². The van der Waals surface area contributed by atoms with Crippen molar-refractivity contribution in [2.45, 2.75) is 12.6 Å². The molecule has 2 saturated heterocycles. The summed E-state index contributed by atoms with van der Waals surface area (Å²) in [5.74, 6) is 1.55. The van der Waals surface area contributed by atoms with Crippen LogP contribution in [0.15, 0.2) is 47.4 Å². The van der Waals surface area contributed by atoms with Gasteiger partial charge in [0.1, 0.15) is 5.75 Å². The molecule has 1 aromatic heterocycles. The van der Waals surface area contributed by atoms with Gasteiger partial charge in [-0.25, -0.2) is 4.79 Å². The van der Waals surface area contributed by atoms with Gasteiger partial charge in [-0.1, -0.05) is 18.2 Å². The molecule has 2 aliphatic rings. The van der Waals surface area contributed by atoms with Gasteiger partial charge < -0.3 is 19.5 Å². The van der Waals surface area contributed by atoms with Crippen LogP contribution in [-0.2, 0) is 6.54 Å². The molecule has 0 spiro atoms. The van der Waals surface area contributed by atoms with Crippen molar-refractivity contribution in [3.63, 3.8) is 0 Å². The van der Waals surface area contributed by atoms with Gasteiger partial charge in [0.15, 0.2) is 0 Å². The van der Waals surface area contributed by atoms with E-state index in [0.29, 0.717) is 18.4 Å². The lowest BCUT2D eigenvalue weighted by molar-refractivity contribution is 0.151. The highest BCUT2D eigenvalue weighted by Crippen LogP contribution is 2.45. The summed E-state index contributed by atoms with van der Waals surface area (Å²) in [7, 11) is 5.26. The number of amides is 2. The molecular formula is C22H28N4O3. The van der Waals surface area contributed by atoms with Gasteiger partial charge in [-0.3, -0.25) is 9.69 Å². The standard InChI is InChI=1S/C22H28N4O3/c1-24(2)22(28)26-13-17-12-25(11-16-5-4-10-23-21(16)27)14-19(17)20(26)15-6-8-18(29-3)9-7-15/h4-10,17,19-20H,11-14H2,1-3H3,(H,23,27)/t17-,19-,20+/m1/s1. The Morgan fingerprint density at radius 3 is 2.59 bits per heavy atom. The molecular weight excluding hydrogens is 368 g/mol. The number of pyridine rings is 1. The zero-order valence-corrected chi connectivity index (χ0v) is 17.2. The molecule has 0 saturated carbocycles. The molecule has 2 aromatic rings. The lowest BCUT2D eigenvalue weighted by Crippen LogP contribution is -2.41. The van der Waals surface area contributed by atoms with Crippen LogP contribution in [0.2, 0.25) is 0 Å². The molecule has 29 heavy (non-hydrogen) atoms. The SMILES string of the molecule is COc1ccc([C@H]2[C@@H]3CN(Cc4ccc[nH]c4=O)C[C@@H]3CN2C(=O)N(C)C)cc1. The Morgan fingerprint density at radius 2 is 1.93 bits per heavy atom. The predicted octanol–water partition coefficient (Wildman–Crippen LogP) is 2.17. The van der Waals surface area contributed by atoms with Gasteiger partial charge in [0.05, 0.1) is 13.2 Å². The van der Waals surface area contributed by atoms with E-state index in [9.17, 15) is 9.59 Å². The first-order valence-electron chi connectivity index (χ1n) is 9.98. The molecule has 1 N–H and O–H groups in total. The topological polar surface area (TPSA) is 68.9 Å². The third-order valence-electron chi connectivity index (χ3n) is 6.12. The molecule has 2 aliphatic heterocycles. The van der Waals surface area contributed by atoms with Crippen LogP contribution in [0.25, 0.3) is 0 Å². The summed E-state index contributed by atoms with van der Waals surface area (Å²) in [4.78, 5) is 33.7. The molecule has 154 valence electrons. The Bertz CT molecular complexity index is 924. The number of rotatable bonds is 4. The van der Waals surface area contributed by atoms with Crippen molar-refractivity contribution < 1.29 is 9.53 Å². The van der Waals surface area contributed by atoms with Crippen LogP contribution in [0.1, 0.15) is 17.2 Å². The molecule has 3 atom stereocenters. The highest BCUT2D eigenvalue weighted by atomic mass is 16.5. The van der Waals surface area contributed by atoms with E-state index < -0.39 is 0 Å². The zero-order valence-electron chi connectivity index (χ0n) is 17.2. The summed E-state index contributed by atoms with van der Waals surface area (Å²) in [6.07, 6.45) is 1.66. The number of fused-ring (bicyclic) bond motifs is 1. The maximum absolute atomic E-state index is 12.9. The van der Waals surface area contributed by atoms with Crippen molar-refractivity contribution >= 4 is 6.03 Å². The van der Waals surface area contributed by atoms with Crippen molar-refractivity contribution in [2.24, 2.45) is 11.8 Å². The summed E-state index contributed by atoms with van der Waals surface area (Å²) >= 11 is 0. The normalized spacial score (nSPS) is 23.8. The van der Waals surface area contributed by atoms with Gasteiger partial charge in [-0.05, 0) is 29.7 Å². The zero-order chi connectivity index (χ0) is 20.5. The van der Waals surface area contributed by atoms with Gasteiger partial charge in [-0.2, -0.15) is 0 Å². The molecule has 3 heterocycles. The van der Waals surface area contributed by atoms with Crippen molar-refractivity contribution in [3.05, 3.63) is 64.1 Å². The number of carbonyl (C=O) groups is 1. The number of hydrogen-bond donors (Lipinski definition) is 1. The maximum atomic E-state index is 12.9. The van der Waals surface area contributed by atoms with Crippen molar-refractivity contribution in [1.29, 1.82) is 0 Å². The highest BCUT2D eigenvalue weighted by Gasteiger charge is 2.49. The molecule has 4 rings (SSSR count). The molecule has 0 aliphatic carbocycles. The number of benzene rings is 1. The van der Waals surface area contributed by atoms with Gasteiger partial charge in [0.25, 0.3) is 5.56 Å². The number of hydrogen-bond acceptors (Lipinski definition) is 4. The number of aromatic nitrogens is 1. The number of urea groups is 1. The van der Waals surface area contributed by atoms with Gasteiger partial charge >= 0.3 is 6.03 Å². The molecule has 0 bridgehead atoms. The van der Waals surface area contributed by atoms with Crippen molar-refractivity contribution in [2.75, 3.05) is 40.8 Å². The van der Waals surface area contributed by atoms with E-state index in [1.54, 1.807) is 32.3 Å². The van der Waals surface area contributed by atoms with Crippen molar-refractivity contribution in [1.82, 2.24) is 19.7 Å². The highest BCUT2D eigenvalue weighted by molar-refractivity contribution is 5.75. The molecule has 1 aromatic carbocycles. The summed E-state index contributed by atoms with van der Waals surface area (Å²) in [5, 5.41) is 0. The summed E-state index contributed by atoms with van der Waals surface area (Å²) in [6, 6.07) is 11.9. The first kappa shape index (κ1) is 19.5. The lowest BCUT2D eigenvalue weighted by Gasteiger charge is -2.32. The molecule has 0 unspecified atom stereocenters. The lowest BCUT2D eigenvalue weighted by atomic mass is 9.89. The quantitative estimate of drug-likeness (QED) is 0.860. The number of nitrogens with zero attached hydrogens (tertiary/aromatic N) is 3. The van der Waals surface area contributed by atoms with Crippen LogP contribution in [-0.4, -0.2) is 66.6 Å². The third kappa shape index (κ3) is 3.74. The number of nitrogens with one attached hydrogen (secondary N) is 1. The van der Waals surface area contributed by atoms with E-state index in [1.165, 1.54) is 0 Å². The first-order chi connectivity index (χ1) is 14.0. The van der Waals surface area contributed by atoms with E-state index in [4.69, 9.17) is 4.74 Å². The van der Waals surface area contributed by atoms with Crippen LogP contribution < -0.4 is 10.3 Å². The summed E-state index contributed by atoms with van der Waals surface area (Å²) in [6.45, 7) is 3.13. The fraction of sp³-hybridized carbons (Fsp3) is 0.455. The average Bonchev–Trinajstić information content (AvgIpc) is 3.26. The first-order valence-corrected chi connectivity index (χ1v) is 9.98. The second-order valence-corrected chi connectivity index (χ2v) is 8.19. The smallest absolute Gasteiger partial charge is 0.320 e. The second kappa shape index (κ2) is 7.91. The molecule has 7 heteroatoms. The van der Waals surface area contributed by atoms with E-state index in [1.807, 2.05) is 29.2 Å². The predicted molar refractivity (Wildman–Crippen MR) is 111 cm³/mol. The number of likely N-dealkylation sites (tertiary alicyclic amines) is 2. The largest absolute Gasteiger partial charge is 0.497 e. The van der Waals surface area contributed by atoms with E-state index in [2.05, 4.69) is 22.0 Å².